The molecule has 3 aliphatic carbocycles. The number of esters is 1. The molecule has 7 rings (SSSR count). The predicted octanol–water partition coefficient (Wildman–Crippen LogP) is 1.47. The molecule has 3 heterocycles. The Kier molecular flexibility index (Phi) is 4.07. The van der Waals surface area contributed by atoms with Gasteiger partial charge < -0.3 is 14.6 Å². The van der Waals surface area contributed by atoms with Gasteiger partial charge in [0.15, 0.2) is 11.5 Å². The molecular formula is C26H28N2O6. The van der Waals surface area contributed by atoms with E-state index in [4.69, 9.17) is 9.47 Å². The molecule has 1 aromatic carbocycles. The van der Waals surface area contributed by atoms with Crippen LogP contribution in [0.2, 0.25) is 0 Å². The SMILES string of the molecule is CC(=O)Oc1ccc2c3c1O[C@H]1[C@H](N4C(=O)C=CC4=O)CCC4(O)[C@@H](C2)N(CC2CC2)CC[C@]314. The van der Waals surface area contributed by atoms with E-state index in [0.29, 0.717) is 43.1 Å². The molecule has 178 valence electrons. The number of carbonyl (C=O) groups excluding carboxylic acids is 3. The Balaban J connectivity index is 1.40. The van der Waals surface area contributed by atoms with E-state index < -0.39 is 29.1 Å². The highest BCUT2D eigenvalue weighted by Crippen LogP contribution is 2.66. The van der Waals surface area contributed by atoms with Gasteiger partial charge in [-0.15, -0.1) is 0 Å². The third-order valence-corrected chi connectivity index (χ3v) is 9.14. The van der Waals surface area contributed by atoms with E-state index in [0.717, 1.165) is 24.2 Å². The zero-order valence-electron chi connectivity index (χ0n) is 19.2. The van der Waals surface area contributed by atoms with Crippen LogP contribution in [0, 0.1) is 5.92 Å². The minimum Gasteiger partial charge on any atom is -0.483 e. The van der Waals surface area contributed by atoms with Crippen molar-refractivity contribution in [2.75, 3.05) is 13.1 Å². The summed E-state index contributed by atoms with van der Waals surface area (Å²) >= 11 is 0. The number of hydrogen-bond acceptors (Lipinski definition) is 7. The highest BCUT2D eigenvalue weighted by molar-refractivity contribution is 6.13. The molecule has 6 aliphatic rings. The highest BCUT2D eigenvalue weighted by Gasteiger charge is 2.74. The Morgan fingerprint density at radius 1 is 1.18 bits per heavy atom. The first-order valence-electron chi connectivity index (χ1n) is 12.4. The molecule has 2 amide bonds. The van der Waals surface area contributed by atoms with Crippen molar-refractivity contribution < 1.29 is 29.0 Å². The summed E-state index contributed by atoms with van der Waals surface area (Å²) in [4.78, 5) is 41.0. The van der Waals surface area contributed by atoms with Crippen LogP contribution in [0.4, 0.5) is 0 Å². The number of amides is 2. The summed E-state index contributed by atoms with van der Waals surface area (Å²) in [6, 6.07) is 3.23. The Hall–Kier alpha value is -2.71. The monoisotopic (exact) mass is 464 g/mol. The van der Waals surface area contributed by atoms with E-state index >= 15 is 0 Å². The highest BCUT2D eigenvalue weighted by atomic mass is 16.6. The fourth-order valence-electron chi connectivity index (χ4n) is 7.68. The largest absolute Gasteiger partial charge is 0.483 e. The number of rotatable bonds is 4. The van der Waals surface area contributed by atoms with Crippen LogP contribution >= 0.6 is 0 Å². The third-order valence-electron chi connectivity index (χ3n) is 9.14. The van der Waals surface area contributed by atoms with Gasteiger partial charge in [0.2, 0.25) is 0 Å². The van der Waals surface area contributed by atoms with Crippen LogP contribution < -0.4 is 9.47 Å². The maximum absolute atomic E-state index is 12.7. The minimum atomic E-state index is -1.05. The normalized spacial score (nSPS) is 37.6. The average molecular weight is 465 g/mol. The van der Waals surface area contributed by atoms with E-state index in [1.807, 2.05) is 6.07 Å². The second-order valence-electron chi connectivity index (χ2n) is 10.8. The number of imide groups is 1. The number of aliphatic hydroxyl groups is 1. The molecule has 3 fully saturated rings. The molecule has 2 bridgehead atoms. The summed E-state index contributed by atoms with van der Waals surface area (Å²) in [7, 11) is 0. The van der Waals surface area contributed by atoms with E-state index in [9.17, 15) is 19.5 Å². The van der Waals surface area contributed by atoms with Gasteiger partial charge in [-0.05, 0) is 62.6 Å². The quantitative estimate of drug-likeness (QED) is 0.410. The second-order valence-corrected chi connectivity index (χ2v) is 10.8. The van der Waals surface area contributed by atoms with Crippen molar-refractivity contribution in [3.05, 3.63) is 35.4 Å². The van der Waals surface area contributed by atoms with Gasteiger partial charge in [0, 0.05) is 37.2 Å². The van der Waals surface area contributed by atoms with E-state index in [-0.39, 0.29) is 17.9 Å². The van der Waals surface area contributed by atoms with Gasteiger partial charge >= 0.3 is 5.97 Å². The smallest absolute Gasteiger partial charge is 0.308 e. The maximum Gasteiger partial charge on any atom is 0.308 e. The molecule has 8 heteroatoms. The summed E-state index contributed by atoms with van der Waals surface area (Å²) in [5, 5.41) is 12.5. The van der Waals surface area contributed by atoms with Crippen molar-refractivity contribution in [3.63, 3.8) is 0 Å². The van der Waals surface area contributed by atoms with Gasteiger partial charge in [-0.2, -0.15) is 0 Å². The molecule has 0 aromatic heterocycles. The molecule has 1 unspecified atom stereocenters. The molecule has 8 nitrogen and oxygen atoms in total. The summed E-state index contributed by atoms with van der Waals surface area (Å²) in [6.07, 6.45) is 6.85. The molecule has 1 saturated heterocycles. The molecule has 1 N–H and O–H groups in total. The molecular weight excluding hydrogens is 436 g/mol. The molecule has 5 atom stereocenters. The van der Waals surface area contributed by atoms with Crippen molar-refractivity contribution in [2.45, 2.75) is 74.7 Å². The van der Waals surface area contributed by atoms with Crippen LogP contribution in [0.3, 0.4) is 0 Å². The first-order valence-corrected chi connectivity index (χ1v) is 12.4. The third kappa shape index (κ3) is 2.48. The minimum absolute atomic E-state index is 0.0463. The van der Waals surface area contributed by atoms with E-state index in [1.165, 1.54) is 36.8 Å². The van der Waals surface area contributed by atoms with E-state index in [1.54, 1.807) is 6.07 Å². The Bertz CT molecular complexity index is 1160. The lowest BCUT2D eigenvalue weighted by atomic mass is 9.48. The van der Waals surface area contributed by atoms with Crippen LogP contribution in [0.5, 0.6) is 11.5 Å². The number of carbonyl (C=O) groups is 3. The standard InChI is InChI=1S/C26H28N2O6/c1-14(29)33-18-5-4-16-12-19-26(32)9-8-17(28-20(30)6-7-21(28)31)24-25(26,22(16)23(18)34-24)10-11-27(19)13-15-2-3-15/h4-7,15,17,19,24,32H,2-3,8-13H2,1H3/t17-,19-,24+,25+,26?/m1/s1. The molecule has 34 heavy (non-hydrogen) atoms. The maximum atomic E-state index is 12.7. The molecule has 0 radical (unpaired) electrons. The lowest BCUT2D eigenvalue weighted by molar-refractivity contribution is -0.201. The first kappa shape index (κ1) is 20.6. The van der Waals surface area contributed by atoms with Crippen molar-refractivity contribution in [1.29, 1.82) is 0 Å². The molecule has 1 spiro atoms. The van der Waals surface area contributed by atoms with Gasteiger partial charge in [-0.25, -0.2) is 0 Å². The number of hydrogen-bond donors (Lipinski definition) is 1. The molecule has 2 saturated carbocycles. The van der Waals surface area contributed by atoms with Crippen molar-refractivity contribution in [3.8, 4) is 11.5 Å². The van der Waals surface area contributed by atoms with Gasteiger partial charge in [0.05, 0.1) is 17.1 Å². The first-order chi connectivity index (χ1) is 16.3. The van der Waals surface area contributed by atoms with Gasteiger partial charge in [0.25, 0.3) is 11.8 Å². The number of nitrogens with zero attached hydrogens (tertiary/aromatic N) is 2. The number of ether oxygens (including phenoxy) is 2. The number of likely N-dealkylation sites (tertiary alicyclic amines) is 1. The van der Waals surface area contributed by atoms with Crippen molar-refractivity contribution in [1.82, 2.24) is 9.80 Å². The number of piperidine rings is 1. The van der Waals surface area contributed by atoms with Crippen molar-refractivity contribution >= 4 is 17.8 Å². The zero-order valence-corrected chi connectivity index (χ0v) is 19.2. The molecule has 1 aromatic rings. The van der Waals surface area contributed by atoms with Gasteiger partial charge in [-0.1, -0.05) is 6.07 Å². The lowest BCUT2D eigenvalue weighted by Gasteiger charge is -2.64. The Morgan fingerprint density at radius 2 is 1.94 bits per heavy atom. The summed E-state index contributed by atoms with van der Waals surface area (Å²) in [6.45, 7) is 3.18. The summed E-state index contributed by atoms with van der Waals surface area (Å²) < 4.78 is 12.1. The lowest BCUT2D eigenvalue weighted by Crippen LogP contribution is -2.78. The number of benzene rings is 1. The van der Waals surface area contributed by atoms with Gasteiger partial charge in [0.1, 0.15) is 6.10 Å². The topological polar surface area (TPSA) is 96.4 Å². The predicted molar refractivity (Wildman–Crippen MR) is 119 cm³/mol. The Labute approximate surface area is 197 Å². The van der Waals surface area contributed by atoms with Crippen LogP contribution in [-0.2, 0) is 26.2 Å². The fraction of sp³-hybridized carbons (Fsp3) is 0.577. The van der Waals surface area contributed by atoms with Crippen LogP contribution in [0.1, 0.15) is 50.2 Å². The zero-order chi connectivity index (χ0) is 23.4. The summed E-state index contributed by atoms with van der Waals surface area (Å²) in [5.74, 6) is 0.418. The van der Waals surface area contributed by atoms with Crippen LogP contribution in [0.15, 0.2) is 24.3 Å². The fourth-order valence-corrected chi connectivity index (χ4v) is 7.68. The summed E-state index contributed by atoms with van der Waals surface area (Å²) in [5.41, 5.74) is 0.204. The van der Waals surface area contributed by atoms with Crippen LogP contribution in [-0.4, -0.2) is 69.6 Å². The molecule has 3 aliphatic heterocycles. The van der Waals surface area contributed by atoms with Crippen molar-refractivity contribution in [2.24, 2.45) is 5.92 Å². The van der Waals surface area contributed by atoms with E-state index in [2.05, 4.69) is 4.90 Å². The van der Waals surface area contributed by atoms with Gasteiger partial charge in [-0.3, -0.25) is 24.2 Å². The second kappa shape index (κ2) is 6.70. The Morgan fingerprint density at radius 3 is 2.65 bits per heavy atom. The van der Waals surface area contributed by atoms with Crippen LogP contribution in [0.25, 0.3) is 0 Å². The average Bonchev–Trinajstić information content (AvgIpc) is 3.45.